The Kier molecular flexibility index (Phi) is 3.63. The van der Waals surface area contributed by atoms with Gasteiger partial charge in [-0.1, -0.05) is 6.07 Å². The molecule has 0 heterocycles. The quantitative estimate of drug-likeness (QED) is 0.837. The van der Waals surface area contributed by atoms with E-state index in [9.17, 15) is 13.9 Å². The van der Waals surface area contributed by atoms with Crippen molar-refractivity contribution < 1.29 is 18.6 Å². The fraction of sp³-hybridized carbons (Fsp3) is 0.455. The van der Waals surface area contributed by atoms with Crippen molar-refractivity contribution in [2.75, 3.05) is 6.61 Å². The number of ether oxygens (including phenoxy) is 1. The van der Waals surface area contributed by atoms with Gasteiger partial charge in [-0.3, -0.25) is 0 Å². The Hall–Kier alpha value is -1.16. The lowest BCUT2D eigenvalue weighted by molar-refractivity contribution is 0.0540. The van der Waals surface area contributed by atoms with Crippen LogP contribution in [0.15, 0.2) is 18.2 Å². The van der Waals surface area contributed by atoms with E-state index in [1.54, 1.807) is 13.8 Å². The molecule has 0 spiro atoms. The number of rotatable bonds is 4. The molecule has 0 aliphatic carbocycles. The predicted molar refractivity (Wildman–Crippen MR) is 52.8 cm³/mol. The molecule has 1 aromatic rings. The Morgan fingerprint density at radius 1 is 1.27 bits per heavy atom. The lowest BCUT2D eigenvalue weighted by Gasteiger charge is -2.17. The van der Waals surface area contributed by atoms with Crippen LogP contribution in [0.1, 0.15) is 20.3 Å². The van der Waals surface area contributed by atoms with Crippen molar-refractivity contribution >= 4 is 0 Å². The van der Waals surface area contributed by atoms with Gasteiger partial charge < -0.3 is 9.84 Å². The average Bonchev–Trinajstić information content (AvgIpc) is 2.08. The van der Waals surface area contributed by atoms with Crippen LogP contribution in [0.2, 0.25) is 0 Å². The lowest BCUT2D eigenvalue weighted by atomic mass is 10.1. The summed E-state index contributed by atoms with van der Waals surface area (Å²) in [6.45, 7) is 3.28. The highest BCUT2D eigenvalue weighted by molar-refractivity contribution is 5.25. The smallest absolute Gasteiger partial charge is 0.190 e. The zero-order valence-electron chi connectivity index (χ0n) is 8.76. The van der Waals surface area contributed by atoms with Crippen molar-refractivity contribution in [3.8, 4) is 5.75 Å². The molecule has 0 saturated heterocycles. The second kappa shape index (κ2) is 4.57. The summed E-state index contributed by atoms with van der Waals surface area (Å²) in [7, 11) is 0. The SMILES string of the molecule is CC(C)(O)CCOc1c(F)cccc1F. The number of para-hydroxylation sites is 1. The third-order valence-corrected chi connectivity index (χ3v) is 1.88. The van der Waals surface area contributed by atoms with Crippen molar-refractivity contribution in [1.82, 2.24) is 0 Å². The van der Waals surface area contributed by atoms with Gasteiger partial charge in [0.2, 0.25) is 0 Å². The first-order valence-corrected chi connectivity index (χ1v) is 4.69. The minimum Gasteiger partial charge on any atom is -0.487 e. The Balaban J connectivity index is 2.58. The van der Waals surface area contributed by atoms with Crippen molar-refractivity contribution in [2.24, 2.45) is 0 Å². The van der Waals surface area contributed by atoms with Gasteiger partial charge in [0.15, 0.2) is 17.4 Å². The summed E-state index contributed by atoms with van der Waals surface area (Å²) in [5.74, 6) is -1.85. The second-order valence-corrected chi connectivity index (χ2v) is 3.96. The Morgan fingerprint density at radius 3 is 2.27 bits per heavy atom. The molecule has 0 bridgehead atoms. The number of hydrogen-bond donors (Lipinski definition) is 1. The highest BCUT2D eigenvalue weighted by Gasteiger charge is 2.14. The average molecular weight is 216 g/mol. The number of hydrogen-bond acceptors (Lipinski definition) is 2. The van der Waals surface area contributed by atoms with E-state index in [1.165, 1.54) is 6.07 Å². The molecule has 84 valence electrons. The van der Waals surface area contributed by atoms with Gasteiger partial charge in [0.25, 0.3) is 0 Å². The topological polar surface area (TPSA) is 29.5 Å². The van der Waals surface area contributed by atoms with E-state index in [0.717, 1.165) is 12.1 Å². The van der Waals surface area contributed by atoms with E-state index < -0.39 is 17.2 Å². The van der Waals surface area contributed by atoms with Crippen LogP contribution in [-0.4, -0.2) is 17.3 Å². The molecule has 0 fully saturated rings. The summed E-state index contributed by atoms with van der Waals surface area (Å²) in [5.41, 5.74) is -0.901. The van der Waals surface area contributed by atoms with Gasteiger partial charge in [-0.2, -0.15) is 0 Å². The van der Waals surface area contributed by atoms with Crippen molar-refractivity contribution in [1.29, 1.82) is 0 Å². The molecule has 0 unspecified atom stereocenters. The maximum absolute atomic E-state index is 13.0. The molecule has 1 aromatic carbocycles. The molecule has 0 atom stereocenters. The van der Waals surface area contributed by atoms with Crippen LogP contribution in [-0.2, 0) is 0 Å². The molecule has 1 N–H and O–H groups in total. The monoisotopic (exact) mass is 216 g/mol. The van der Waals surface area contributed by atoms with Gasteiger partial charge in [0, 0.05) is 6.42 Å². The van der Waals surface area contributed by atoms with Crippen LogP contribution < -0.4 is 4.74 Å². The first-order valence-electron chi connectivity index (χ1n) is 4.69. The fourth-order valence-electron chi connectivity index (χ4n) is 1.02. The number of aliphatic hydroxyl groups is 1. The molecule has 0 amide bonds. The third-order valence-electron chi connectivity index (χ3n) is 1.88. The van der Waals surface area contributed by atoms with Gasteiger partial charge in [0.1, 0.15) is 0 Å². The summed E-state index contributed by atoms with van der Waals surface area (Å²) in [4.78, 5) is 0. The zero-order valence-corrected chi connectivity index (χ0v) is 8.76. The second-order valence-electron chi connectivity index (χ2n) is 3.96. The summed E-state index contributed by atoms with van der Waals surface area (Å²) >= 11 is 0. The van der Waals surface area contributed by atoms with E-state index in [0.29, 0.717) is 6.42 Å². The predicted octanol–water partition coefficient (Wildman–Crippen LogP) is 2.50. The molecule has 1 rings (SSSR count). The van der Waals surface area contributed by atoms with Crippen molar-refractivity contribution in [3.63, 3.8) is 0 Å². The molecule has 4 heteroatoms. The van der Waals surface area contributed by atoms with Gasteiger partial charge in [-0.15, -0.1) is 0 Å². The fourth-order valence-corrected chi connectivity index (χ4v) is 1.02. The van der Waals surface area contributed by atoms with Crippen LogP contribution in [0.25, 0.3) is 0 Å². The number of benzene rings is 1. The molecular formula is C11H14F2O2. The maximum atomic E-state index is 13.0. The first-order chi connectivity index (χ1) is 6.90. The number of halogens is 2. The highest BCUT2D eigenvalue weighted by atomic mass is 19.1. The summed E-state index contributed by atoms with van der Waals surface area (Å²) in [6.07, 6.45) is 0.306. The van der Waals surface area contributed by atoms with Gasteiger partial charge in [0.05, 0.1) is 12.2 Å². The van der Waals surface area contributed by atoms with E-state index in [1.807, 2.05) is 0 Å². The van der Waals surface area contributed by atoms with E-state index >= 15 is 0 Å². The zero-order chi connectivity index (χ0) is 11.5. The summed E-state index contributed by atoms with van der Waals surface area (Å²) in [5, 5.41) is 9.37. The normalized spacial score (nSPS) is 11.5. The third kappa shape index (κ3) is 3.83. The largest absolute Gasteiger partial charge is 0.487 e. The van der Waals surface area contributed by atoms with Crippen LogP contribution >= 0.6 is 0 Å². The minimum atomic E-state index is -0.901. The standard InChI is InChI=1S/C11H14F2O2/c1-11(2,14)6-7-15-10-8(12)4-3-5-9(10)13/h3-5,14H,6-7H2,1-2H3. The Bertz CT molecular complexity index is 312. The van der Waals surface area contributed by atoms with Crippen LogP contribution in [0.5, 0.6) is 5.75 Å². The molecular weight excluding hydrogens is 202 g/mol. The van der Waals surface area contributed by atoms with E-state index in [-0.39, 0.29) is 12.4 Å². The molecule has 0 aromatic heterocycles. The Labute approximate surface area is 87.5 Å². The molecule has 0 saturated carbocycles. The molecule has 0 aliphatic heterocycles. The van der Waals surface area contributed by atoms with E-state index in [4.69, 9.17) is 4.74 Å². The molecule has 0 aliphatic rings. The van der Waals surface area contributed by atoms with E-state index in [2.05, 4.69) is 0 Å². The minimum absolute atomic E-state index is 0.0708. The Morgan fingerprint density at radius 2 is 1.80 bits per heavy atom. The van der Waals surface area contributed by atoms with Gasteiger partial charge in [-0.25, -0.2) is 8.78 Å². The first kappa shape index (κ1) is 11.9. The van der Waals surface area contributed by atoms with Crippen LogP contribution in [0, 0.1) is 11.6 Å². The maximum Gasteiger partial charge on any atom is 0.190 e. The molecule has 0 radical (unpaired) electrons. The van der Waals surface area contributed by atoms with Gasteiger partial charge >= 0.3 is 0 Å². The van der Waals surface area contributed by atoms with Gasteiger partial charge in [-0.05, 0) is 26.0 Å². The molecule has 15 heavy (non-hydrogen) atoms. The van der Waals surface area contributed by atoms with Crippen molar-refractivity contribution in [2.45, 2.75) is 25.9 Å². The lowest BCUT2D eigenvalue weighted by Crippen LogP contribution is -2.22. The molecule has 2 nitrogen and oxygen atoms in total. The summed E-state index contributed by atoms with van der Waals surface area (Å²) < 4.78 is 31.0. The summed E-state index contributed by atoms with van der Waals surface area (Å²) in [6, 6.07) is 3.53. The van der Waals surface area contributed by atoms with Crippen LogP contribution in [0.3, 0.4) is 0 Å². The highest BCUT2D eigenvalue weighted by Crippen LogP contribution is 2.21. The van der Waals surface area contributed by atoms with Crippen LogP contribution in [0.4, 0.5) is 8.78 Å². The van der Waals surface area contributed by atoms with Crippen molar-refractivity contribution in [3.05, 3.63) is 29.8 Å².